The number of allylic oxidation sites excluding steroid dienone is 2. The first-order chi connectivity index (χ1) is 17.3. The van der Waals surface area contributed by atoms with E-state index < -0.39 is 10.0 Å². The van der Waals surface area contributed by atoms with Gasteiger partial charge in [0.2, 0.25) is 0 Å². The highest BCUT2D eigenvalue weighted by Crippen LogP contribution is 2.57. The fraction of sp³-hybridized carbons (Fsp3) is 0.353. The molecule has 4 aromatic rings. The molecule has 3 aromatic carbocycles. The van der Waals surface area contributed by atoms with Crippen molar-refractivity contribution in [2.45, 2.75) is 63.2 Å². The van der Waals surface area contributed by atoms with Gasteiger partial charge in [-0.3, -0.25) is 0 Å². The molecule has 37 heavy (non-hydrogen) atoms. The number of thiophene rings is 1. The van der Waals surface area contributed by atoms with Crippen molar-refractivity contribution in [3.05, 3.63) is 82.2 Å². The van der Waals surface area contributed by atoms with Gasteiger partial charge < -0.3 is 5.32 Å². The van der Waals surface area contributed by atoms with Gasteiger partial charge in [-0.25, -0.2) is 10.0 Å². The average molecular weight is 526 g/mol. The molecule has 1 saturated carbocycles. The number of benzene rings is 3. The Kier molecular flexibility index (Phi) is 5.54. The summed E-state index contributed by atoms with van der Waals surface area (Å²) in [7, 11) is -0.832. The number of nitrogens with one attached hydrogen (secondary N) is 1. The van der Waals surface area contributed by atoms with Crippen LogP contribution >= 0.6 is 21.4 Å². The minimum atomic E-state index is -0.832. The Morgan fingerprint density at radius 2 is 1.57 bits per heavy atom. The van der Waals surface area contributed by atoms with E-state index in [1.807, 2.05) is 11.3 Å². The van der Waals surface area contributed by atoms with E-state index in [4.69, 9.17) is 0 Å². The predicted octanol–water partition coefficient (Wildman–Crippen LogP) is 10.5. The van der Waals surface area contributed by atoms with Crippen LogP contribution in [0.3, 0.4) is 0 Å². The lowest BCUT2D eigenvalue weighted by atomic mass is 9.56. The average Bonchev–Trinajstić information content (AvgIpc) is 3.20. The van der Waals surface area contributed by atoms with Crippen molar-refractivity contribution in [2.75, 3.05) is 24.1 Å². The number of hydrogen-bond donors (Lipinski definition) is 1. The van der Waals surface area contributed by atoms with Gasteiger partial charge in [-0.1, -0.05) is 57.5 Å². The SMILES string of the molecule is CC1=C2CC(C)(C2)c2cc3c(Nc4ccc(S(C)(C)C)cc4-c4ccc(C(C)(C)C)cc4)csc3cc21. The fourth-order valence-corrected chi connectivity index (χ4v) is 7.92. The number of hydrogen-bond acceptors (Lipinski definition) is 2. The Morgan fingerprint density at radius 1 is 0.865 bits per heavy atom. The maximum atomic E-state index is 3.88. The van der Waals surface area contributed by atoms with E-state index in [0.29, 0.717) is 5.41 Å². The molecule has 3 heteroatoms. The van der Waals surface area contributed by atoms with E-state index in [9.17, 15) is 0 Å². The molecule has 0 amide bonds. The molecule has 1 nitrogen and oxygen atoms in total. The minimum Gasteiger partial charge on any atom is -0.354 e. The summed E-state index contributed by atoms with van der Waals surface area (Å²) in [5.74, 6) is 0. The molecule has 192 valence electrons. The molecule has 0 unspecified atom stereocenters. The second kappa shape index (κ2) is 8.25. The highest BCUT2D eigenvalue weighted by atomic mass is 32.3. The largest absolute Gasteiger partial charge is 0.354 e. The van der Waals surface area contributed by atoms with Crippen molar-refractivity contribution in [3.8, 4) is 11.1 Å². The molecular weight excluding hydrogens is 487 g/mol. The van der Waals surface area contributed by atoms with Gasteiger partial charge in [-0.15, -0.1) is 11.3 Å². The highest BCUT2D eigenvalue weighted by Gasteiger charge is 2.44. The van der Waals surface area contributed by atoms with Crippen LogP contribution in [-0.2, 0) is 10.8 Å². The Balaban J connectivity index is 1.44. The summed E-state index contributed by atoms with van der Waals surface area (Å²) in [5, 5.41) is 7.54. The fourth-order valence-electron chi connectivity index (χ4n) is 6.06. The molecule has 0 spiro atoms. The van der Waals surface area contributed by atoms with Gasteiger partial charge in [0.15, 0.2) is 0 Å². The van der Waals surface area contributed by atoms with Crippen LogP contribution in [0.25, 0.3) is 26.8 Å². The van der Waals surface area contributed by atoms with Crippen LogP contribution in [0.1, 0.15) is 64.2 Å². The maximum absolute atomic E-state index is 3.88. The molecule has 1 N–H and O–H groups in total. The summed E-state index contributed by atoms with van der Waals surface area (Å²) in [6, 6.07) is 21.2. The van der Waals surface area contributed by atoms with Gasteiger partial charge >= 0.3 is 0 Å². The zero-order valence-corrected chi connectivity index (χ0v) is 25.1. The second-order valence-corrected chi connectivity index (χ2v) is 18.2. The third-order valence-corrected chi connectivity index (χ3v) is 11.1. The third kappa shape index (κ3) is 4.15. The number of fused-ring (bicyclic) bond motifs is 1. The zero-order chi connectivity index (χ0) is 26.3. The van der Waals surface area contributed by atoms with E-state index in [2.05, 4.69) is 119 Å². The monoisotopic (exact) mass is 525 g/mol. The number of rotatable bonds is 4. The van der Waals surface area contributed by atoms with Crippen LogP contribution in [0, 0.1) is 0 Å². The Morgan fingerprint density at radius 3 is 2.22 bits per heavy atom. The Bertz CT molecular complexity index is 1560. The van der Waals surface area contributed by atoms with E-state index in [1.165, 1.54) is 67.0 Å². The molecule has 7 rings (SSSR count). The Hall–Kier alpha value is -2.49. The first-order valence-electron chi connectivity index (χ1n) is 13.3. The Labute approximate surface area is 228 Å². The molecule has 1 fully saturated rings. The van der Waals surface area contributed by atoms with E-state index in [0.717, 1.165) is 0 Å². The lowest BCUT2D eigenvalue weighted by Crippen LogP contribution is -2.37. The minimum absolute atomic E-state index is 0.150. The summed E-state index contributed by atoms with van der Waals surface area (Å²) in [4.78, 5) is 1.44. The smallest absolute Gasteiger partial charge is 0.0573 e. The third-order valence-electron chi connectivity index (χ3n) is 8.53. The van der Waals surface area contributed by atoms with Crippen LogP contribution in [0.4, 0.5) is 11.4 Å². The molecule has 1 heterocycles. The molecule has 3 aliphatic rings. The molecule has 2 bridgehead atoms. The molecule has 0 atom stereocenters. The van der Waals surface area contributed by atoms with Crippen LogP contribution < -0.4 is 5.32 Å². The van der Waals surface area contributed by atoms with Crippen molar-refractivity contribution in [3.63, 3.8) is 0 Å². The van der Waals surface area contributed by atoms with Crippen LogP contribution in [0.15, 0.2) is 70.4 Å². The van der Waals surface area contributed by atoms with Crippen LogP contribution in [0.2, 0.25) is 0 Å². The molecule has 0 radical (unpaired) electrons. The van der Waals surface area contributed by atoms with E-state index >= 15 is 0 Å². The van der Waals surface area contributed by atoms with Gasteiger partial charge in [0.05, 0.1) is 5.69 Å². The van der Waals surface area contributed by atoms with E-state index in [-0.39, 0.29) is 5.41 Å². The van der Waals surface area contributed by atoms with Crippen LogP contribution in [0.5, 0.6) is 0 Å². The standard InChI is InChI=1S/C34H39NS2/c1-21-23-18-34(5,19-23)29-16-28-31(20-36-32(28)17-26(21)29)35-30-14-13-25(37(6,7)8)15-27(30)22-9-11-24(12-10-22)33(2,3)4/h9-17,20,35H,18-19H2,1-8H3. The van der Waals surface area contributed by atoms with Gasteiger partial charge in [0.1, 0.15) is 0 Å². The molecule has 3 aliphatic carbocycles. The predicted molar refractivity (Wildman–Crippen MR) is 168 cm³/mol. The zero-order valence-electron chi connectivity index (χ0n) is 23.5. The lowest BCUT2D eigenvalue weighted by molar-refractivity contribution is 0.359. The normalized spacial score (nSPS) is 17.0. The van der Waals surface area contributed by atoms with Crippen molar-refractivity contribution in [2.24, 2.45) is 0 Å². The van der Waals surface area contributed by atoms with Crippen molar-refractivity contribution < 1.29 is 0 Å². The van der Waals surface area contributed by atoms with Gasteiger partial charge in [0, 0.05) is 32.1 Å². The molecule has 0 aliphatic heterocycles. The highest BCUT2D eigenvalue weighted by molar-refractivity contribution is 8.32. The first-order valence-corrected chi connectivity index (χ1v) is 17.0. The van der Waals surface area contributed by atoms with Crippen molar-refractivity contribution in [1.82, 2.24) is 0 Å². The molecular formula is C34H39NS2. The van der Waals surface area contributed by atoms with Crippen molar-refractivity contribution in [1.29, 1.82) is 0 Å². The quantitative estimate of drug-likeness (QED) is 0.279. The van der Waals surface area contributed by atoms with Gasteiger partial charge in [0.25, 0.3) is 0 Å². The lowest BCUT2D eigenvalue weighted by Gasteiger charge is -2.48. The first kappa shape index (κ1) is 24.8. The molecule has 0 saturated heterocycles. The summed E-state index contributed by atoms with van der Waals surface area (Å²) in [6.07, 6.45) is 9.59. The molecule has 1 aromatic heterocycles. The van der Waals surface area contributed by atoms with Crippen molar-refractivity contribution >= 4 is 48.4 Å². The van der Waals surface area contributed by atoms with Crippen LogP contribution in [-0.4, -0.2) is 18.8 Å². The summed E-state index contributed by atoms with van der Waals surface area (Å²) < 4.78 is 1.37. The summed E-state index contributed by atoms with van der Waals surface area (Å²) in [5.41, 5.74) is 13.0. The van der Waals surface area contributed by atoms with Gasteiger partial charge in [-0.05, 0) is 107 Å². The number of anilines is 2. The van der Waals surface area contributed by atoms with E-state index in [1.54, 1.807) is 11.1 Å². The van der Waals surface area contributed by atoms with Gasteiger partial charge in [-0.2, -0.15) is 0 Å². The second-order valence-electron chi connectivity index (χ2n) is 13.2. The maximum Gasteiger partial charge on any atom is 0.0573 e. The summed E-state index contributed by atoms with van der Waals surface area (Å²) in [6.45, 7) is 11.6. The summed E-state index contributed by atoms with van der Waals surface area (Å²) >= 11 is 1.86. The topological polar surface area (TPSA) is 12.0 Å².